The molecule has 0 saturated heterocycles. The minimum atomic E-state index is -4.87. The van der Waals surface area contributed by atoms with Crippen LogP contribution in [-0.2, 0) is 12.7 Å². The van der Waals surface area contributed by atoms with Gasteiger partial charge in [0, 0.05) is 18.3 Å². The van der Waals surface area contributed by atoms with Crippen LogP contribution in [0.4, 0.5) is 32.3 Å². The van der Waals surface area contributed by atoms with Gasteiger partial charge in [0.1, 0.15) is 16.5 Å². The van der Waals surface area contributed by atoms with E-state index < -0.39 is 29.0 Å². The van der Waals surface area contributed by atoms with Crippen LogP contribution in [0.2, 0.25) is 5.15 Å². The first-order valence-electron chi connectivity index (χ1n) is 6.23. The van der Waals surface area contributed by atoms with Crippen molar-refractivity contribution in [2.75, 3.05) is 5.32 Å². The average Bonchev–Trinajstić information content (AvgIpc) is 2.43. The van der Waals surface area contributed by atoms with Crippen LogP contribution in [0.25, 0.3) is 0 Å². The monoisotopic (exact) mass is 371 g/mol. The van der Waals surface area contributed by atoms with Crippen molar-refractivity contribution in [3.8, 4) is 5.75 Å². The Morgan fingerprint density at radius 2 is 1.75 bits per heavy atom. The minimum Gasteiger partial charge on any atom is -0.405 e. The smallest absolute Gasteiger partial charge is 0.405 e. The van der Waals surface area contributed by atoms with E-state index in [-0.39, 0.29) is 18.1 Å². The number of nitrogens with one attached hydrogen (secondary N) is 1. The van der Waals surface area contributed by atoms with Crippen molar-refractivity contribution in [2.45, 2.75) is 19.1 Å². The van der Waals surface area contributed by atoms with E-state index in [1.54, 1.807) is 0 Å². The predicted molar refractivity (Wildman–Crippen MR) is 72.5 cm³/mol. The van der Waals surface area contributed by atoms with Gasteiger partial charge in [-0.2, -0.15) is 13.2 Å². The number of hydrogen-bond donors (Lipinski definition) is 1. The molecule has 0 aliphatic carbocycles. The number of anilines is 1. The van der Waals surface area contributed by atoms with Crippen molar-refractivity contribution in [3.05, 3.63) is 46.7 Å². The fourth-order valence-corrected chi connectivity index (χ4v) is 1.92. The third-order valence-electron chi connectivity index (χ3n) is 2.68. The molecular formula is C13H8ClF6N3O. The summed E-state index contributed by atoms with van der Waals surface area (Å²) >= 11 is 5.43. The molecule has 0 bridgehead atoms. The van der Waals surface area contributed by atoms with Crippen LogP contribution in [0.1, 0.15) is 11.1 Å². The van der Waals surface area contributed by atoms with Crippen molar-refractivity contribution >= 4 is 17.5 Å². The molecule has 0 aliphatic heterocycles. The molecular weight excluding hydrogens is 364 g/mol. The SMILES string of the molecule is FC(F)(F)Oc1ccccc1CNc1ncc(C(F)(F)F)c(Cl)n1. The lowest BCUT2D eigenvalue weighted by atomic mass is 10.2. The first-order valence-corrected chi connectivity index (χ1v) is 6.61. The summed E-state index contributed by atoms with van der Waals surface area (Å²) in [5, 5.41) is 1.67. The van der Waals surface area contributed by atoms with E-state index in [2.05, 4.69) is 20.0 Å². The second-order valence-electron chi connectivity index (χ2n) is 4.40. The van der Waals surface area contributed by atoms with Gasteiger partial charge in [0.15, 0.2) is 0 Å². The Hall–Kier alpha value is -2.23. The predicted octanol–water partition coefficient (Wildman–Crippen LogP) is 4.66. The third-order valence-corrected chi connectivity index (χ3v) is 2.97. The highest BCUT2D eigenvalue weighted by molar-refractivity contribution is 6.30. The highest BCUT2D eigenvalue weighted by atomic mass is 35.5. The summed E-state index contributed by atoms with van der Waals surface area (Å²) in [5.41, 5.74) is -1.11. The van der Waals surface area contributed by atoms with Crippen molar-refractivity contribution in [1.82, 2.24) is 9.97 Å². The van der Waals surface area contributed by atoms with Crippen LogP contribution in [0.5, 0.6) is 5.75 Å². The molecule has 0 atom stereocenters. The van der Waals surface area contributed by atoms with Crippen molar-refractivity contribution in [1.29, 1.82) is 0 Å². The second-order valence-corrected chi connectivity index (χ2v) is 4.76. The van der Waals surface area contributed by atoms with E-state index >= 15 is 0 Å². The molecule has 1 aromatic carbocycles. The topological polar surface area (TPSA) is 47.0 Å². The molecule has 0 aliphatic rings. The van der Waals surface area contributed by atoms with Crippen molar-refractivity contribution in [2.24, 2.45) is 0 Å². The van der Waals surface area contributed by atoms with Crippen molar-refractivity contribution in [3.63, 3.8) is 0 Å². The number of aromatic nitrogens is 2. The van der Waals surface area contributed by atoms with E-state index in [1.165, 1.54) is 18.2 Å². The molecule has 1 N–H and O–H groups in total. The van der Waals surface area contributed by atoms with Gasteiger partial charge in [-0.1, -0.05) is 29.8 Å². The number of hydrogen-bond acceptors (Lipinski definition) is 4. The number of alkyl halides is 6. The van der Waals surface area contributed by atoms with Gasteiger partial charge in [-0.3, -0.25) is 0 Å². The van der Waals surface area contributed by atoms with Crippen LogP contribution < -0.4 is 10.1 Å². The molecule has 0 unspecified atom stereocenters. The zero-order valence-corrected chi connectivity index (χ0v) is 12.3. The Labute approximate surface area is 136 Å². The van der Waals surface area contributed by atoms with Crippen LogP contribution in [0, 0.1) is 0 Å². The fourth-order valence-electron chi connectivity index (χ4n) is 1.68. The van der Waals surface area contributed by atoms with Crippen LogP contribution >= 0.6 is 11.6 Å². The molecule has 130 valence electrons. The number of nitrogens with zero attached hydrogens (tertiary/aromatic N) is 2. The third kappa shape index (κ3) is 4.88. The molecule has 2 aromatic rings. The van der Waals surface area contributed by atoms with Crippen LogP contribution in [0.15, 0.2) is 30.5 Å². The maximum Gasteiger partial charge on any atom is 0.573 e. The number of rotatable bonds is 4. The van der Waals surface area contributed by atoms with Gasteiger partial charge in [-0.15, -0.1) is 13.2 Å². The Morgan fingerprint density at radius 1 is 1.08 bits per heavy atom. The first-order chi connectivity index (χ1) is 11.1. The molecule has 11 heteroatoms. The summed E-state index contributed by atoms with van der Waals surface area (Å²) < 4.78 is 78.4. The lowest BCUT2D eigenvalue weighted by Gasteiger charge is -2.14. The van der Waals surface area contributed by atoms with E-state index in [1.807, 2.05) is 0 Å². The molecule has 1 heterocycles. The van der Waals surface area contributed by atoms with E-state index in [0.29, 0.717) is 6.20 Å². The van der Waals surface area contributed by atoms with Gasteiger partial charge < -0.3 is 10.1 Å². The maximum atomic E-state index is 12.5. The molecule has 2 rings (SSSR count). The average molecular weight is 372 g/mol. The summed E-state index contributed by atoms with van der Waals surface area (Å²) in [6.07, 6.45) is -9.09. The Balaban J connectivity index is 2.13. The molecule has 24 heavy (non-hydrogen) atoms. The maximum absolute atomic E-state index is 12.5. The van der Waals surface area contributed by atoms with Gasteiger partial charge in [-0.05, 0) is 6.07 Å². The number of para-hydroxylation sites is 1. The van der Waals surface area contributed by atoms with E-state index in [0.717, 1.165) is 6.07 Å². The molecule has 0 saturated carbocycles. The zero-order chi connectivity index (χ0) is 18.0. The van der Waals surface area contributed by atoms with Gasteiger partial charge in [-0.25, -0.2) is 9.97 Å². The summed E-state index contributed by atoms with van der Waals surface area (Å²) in [6.45, 7) is -0.214. The molecule has 0 spiro atoms. The summed E-state index contributed by atoms with van der Waals surface area (Å²) in [6, 6.07) is 5.27. The van der Waals surface area contributed by atoms with Gasteiger partial charge in [0.25, 0.3) is 0 Å². The Kier molecular flexibility index (Phi) is 5.07. The Morgan fingerprint density at radius 3 is 2.33 bits per heavy atom. The number of halogens is 7. The normalized spacial score (nSPS) is 12.1. The standard InChI is InChI=1S/C13H8ClF6N3O/c14-10-8(12(15,16)17)6-22-11(23-10)21-5-7-3-1-2-4-9(7)24-13(18,19)20/h1-4,6H,5H2,(H,21,22,23). The van der Waals surface area contributed by atoms with Gasteiger partial charge >= 0.3 is 12.5 Å². The zero-order valence-electron chi connectivity index (χ0n) is 11.5. The van der Waals surface area contributed by atoms with Crippen LogP contribution in [-0.4, -0.2) is 16.3 Å². The lowest BCUT2D eigenvalue weighted by molar-refractivity contribution is -0.274. The van der Waals surface area contributed by atoms with Crippen molar-refractivity contribution < 1.29 is 31.1 Å². The van der Waals surface area contributed by atoms with Crippen LogP contribution in [0.3, 0.4) is 0 Å². The quantitative estimate of drug-likeness (QED) is 0.627. The van der Waals surface area contributed by atoms with E-state index in [9.17, 15) is 26.3 Å². The minimum absolute atomic E-state index is 0.106. The summed E-state index contributed by atoms with van der Waals surface area (Å²) in [4.78, 5) is 6.85. The molecule has 0 radical (unpaired) electrons. The Bertz CT molecular complexity index is 720. The van der Waals surface area contributed by atoms with Gasteiger partial charge in [0.2, 0.25) is 5.95 Å². The summed E-state index contributed by atoms with van der Waals surface area (Å²) in [5.74, 6) is -0.717. The lowest BCUT2D eigenvalue weighted by Crippen LogP contribution is -2.18. The highest BCUT2D eigenvalue weighted by Crippen LogP contribution is 2.33. The second kappa shape index (κ2) is 6.71. The largest absolute Gasteiger partial charge is 0.573 e. The number of benzene rings is 1. The van der Waals surface area contributed by atoms with E-state index in [4.69, 9.17) is 11.6 Å². The number of ether oxygens (including phenoxy) is 1. The molecule has 0 amide bonds. The molecule has 0 fully saturated rings. The fraction of sp³-hybridized carbons (Fsp3) is 0.231. The van der Waals surface area contributed by atoms with Gasteiger partial charge in [0.05, 0.1) is 0 Å². The molecule has 4 nitrogen and oxygen atoms in total. The summed E-state index contributed by atoms with van der Waals surface area (Å²) in [7, 11) is 0. The highest BCUT2D eigenvalue weighted by Gasteiger charge is 2.35. The first kappa shape index (κ1) is 18.1. The molecule has 1 aromatic heterocycles.